The van der Waals surface area contributed by atoms with E-state index in [4.69, 9.17) is 16.3 Å². The van der Waals surface area contributed by atoms with Gasteiger partial charge in [-0.25, -0.2) is 9.78 Å². The van der Waals surface area contributed by atoms with E-state index in [-0.39, 0.29) is 10.7 Å². The number of esters is 1. The molecule has 0 radical (unpaired) electrons. The van der Waals surface area contributed by atoms with E-state index < -0.39 is 29.5 Å². The molecule has 9 nitrogen and oxygen atoms in total. The molecule has 1 unspecified atom stereocenters. The Morgan fingerprint density at radius 1 is 1.07 bits per heavy atom. The van der Waals surface area contributed by atoms with Crippen molar-refractivity contribution >= 4 is 68.8 Å². The summed E-state index contributed by atoms with van der Waals surface area (Å²) in [6, 6.07) is 12.7. The average Bonchev–Trinajstić information content (AvgIpc) is 3.63. The maximum Gasteiger partial charge on any atom is 0.337 e. The minimum Gasteiger partial charge on any atom is -0.503 e. The number of rotatable bonds is 8. The number of halogens is 1. The summed E-state index contributed by atoms with van der Waals surface area (Å²) in [4.78, 5) is 45.2. The van der Waals surface area contributed by atoms with Crippen molar-refractivity contribution < 1.29 is 24.2 Å². The predicted octanol–water partition coefficient (Wildman–Crippen LogP) is 6.13. The molecule has 13 heteroatoms. The first-order chi connectivity index (χ1) is 19.2. The number of hydrogen-bond donors (Lipinski definition) is 1. The van der Waals surface area contributed by atoms with Gasteiger partial charge in [0, 0.05) is 10.8 Å². The van der Waals surface area contributed by atoms with Crippen LogP contribution in [0.3, 0.4) is 0 Å². The van der Waals surface area contributed by atoms with Crippen LogP contribution in [0, 0.1) is 13.8 Å². The maximum absolute atomic E-state index is 13.8. The van der Waals surface area contributed by atoms with Crippen molar-refractivity contribution in [1.29, 1.82) is 0 Å². The van der Waals surface area contributed by atoms with Crippen molar-refractivity contribution in [1.82, 2.24) is 15.2 Å². The van der Waals surface area contributed by atoms with Gasteiger partial charge in [0.1, 0.15) is 0 Å². The summed E-state index contributed by atoms with van der Waals surface area (Å²) >= 11 is 9.77. The Morgan fingerprint density at radius 3 is 2.40 bits per heavy atom. The number of hydrogen-bond acceptors (Lipinski definition) is 11. The highest BCUT2D eigenvalue weighted by Crippen LogP contribution is 2.44. The monoisotopic (exact) mass is 612 g/mol. The molecular formula is C27H21ClN4O5S3. The standard InChI is InChI=1S/C27H21ClN4O5S3/c1-13-23(39-14(2)29-13)21(33)19-20(16-6-8-17(9-7-16)25(36)37-3)32(24(35)22(19)34)26-30-31-27(40-26)38-12-15-4-10-18(28)11-5-15/h4-11,20,34H,12H2,1-3H3. The zero-order chi connectivity index (χ0) is 28.6. The van der Waals surface area contributed by atoms with Crippen molar-refractivity contribution in [3.8, 4) is 0 Å². The molecule has 2 aromatic heterocycles. The Balaban J connectivity index is 1.51. The Morgan fingerprint density at radius 2 is 1.77 bits per heavy atom. The number of ether oxygens (including phenoxy) is 1. The van der Waals surface area contributed by atoms with Crippen molar-refractivity contribution in [3.63, 3.8) is 0 Å². The fourth-order valence-electron chi connectivity index (χ4n) is 4.22. The van der Waals surface area contributed by atoms with Crippen LogP contribution >= 0.6 is 46.0 Å². The van der Waals surface area contributed by atoms with Gasteiger partial charge in [-0.2, -0.15) is 0 Å². The second-order valence-corrected chi connectivity index (χ2v) is 12.5. The zero-order valence-corrected chi connectivity index (χ0v) is 24.6. The second-order valence-electron chi connectivity index (χ2n) is 8.70. The number of anilines is 1. The smallest absolute Gasteiger partial charge is 0.337 e. The topological polar surface area (TPSA) is 123 Å². The number of nitrogens with zero attached hydrogens (tertiary/aromatic N) is 4. The van der Waals surface area contributed by atoms with Gasteiger partial charge in [-0.15, -0.1) is 21.5 Å². The molecule has 0 saturated carbocycles. The second kappa shape index (κ2) is 11.5. The third-order valence-electron chi connectivity index (χ3n) is 6.09. The molecule has 0 aliphatic carbocycles. The number of aromatic nitrogens is 3. The van der Waals surface area contributed by atoms with Crippen LogP contribution in [0.15, 0.2) is 64.2 Å². The summed E-state index contributed by atoms with van der Waals surface area (Å²) in [6.45, 7) is 3.49. The summed E-state index contributed by atoms with van der Waals surface area (Å²) < 4.78 is 5.39. The van der Waals surface area contributed by atoms with Gasteiger partial charge in [0.2, 0.25) is 10.9 Å². The van der Waals surface area contributed by atoms with Gasteiger partial charge in [0.15, 0.2) is 10.1 Å². The van der Waals surface area contributed by atoms with Crippen molar-refractivity contribution in [2.75, 3.05) is 12.0 Å². The lowest BCUT2D eigenvalue weighted by molar-refractivity contribution is -0.117. The van der Waals surface area contributed by atoms with Gasteiger partial charge in [-0.1, -0.05) is 59.0 Å². The van der Waals surface area contributed by atoms with E-state index in [1.54, 1.807) is 38.1 Å². The number of ketones is 1. The fourth-order valence-corrected chi connectivity index (χ4v) is 7.04. The number of Topliss-reactive ketones (excluding diaryl/α,β-unsaturated/α-hetero) is 1. The van der Waals surface area contributed by atoms with Crippen LogP contribution < -0.4 is 4.90 Å². The number of carbonyl (C=O) groups excluding carboxylic acids is 3. The summed E-state index contributed by atoms with van der Waals surface area (Å²) in [5.41, 5.74) is 2.25. The molecule has 204 valence electrons. The molecule has 1 aliphatic rings. The van der Waals surface area contributed by atoms with Crippen molar-refractivity contribution in [2.24, 2.45) is 0 Å². The molecule has 4 aromatic rings. The number of thiazole rings is 1. The molecule has 0 spiro atoms. The molecule has 2 aromatic carbocycles. The third-order valence-corrected chi connectivity index (χ3v) is 9.54. The first-order valence-corrected chi connectivity index (χ1v) is 14.8. The first kappa shape index (κ1) is 28.0. The van der Waals surface area contributed by atoms with E-state index >= 15 is 0 Å². The molecule has 0 saturated heterocycles. The number of aryl methyl sites for hydroxylation is 2. The molecule has 5 rings (SSSR count). The van der Waals surface area contributed by atoms with Crippen LogP contribution in [0.5, 0.6) is 0 Å². The highest BCUT2D eigenvalue weighted by atomic mass is 35.5. The first-order valence-electron chi connectivity index (χ1n) is 11.8. The van der Waals surface area contributed by atoms with E-state index in [0.717, 1.165) is 5.56 Å². The van der Waals surface area contributed by atoms with Gasteiger partial charge in [-0.3, -0.25) is 14.5 Å². The van der Waals surface area contributed by atoms with Crippen LogP contribution in [-0.2, 0) is 15.3 Å². The van der Waals surface area contributed by atoms with E-state index in [1.165, 1.54) is 58.6 Å². The van der Waals surface area contributed by atoms with Crippen LogP contribution in [0.4, 0.5) is 5.13 Å². The van der Waals surface area contributed by atoms with Crippen LogP contribution in [-0.4, -0.2) is 45.1 Å². The Kier molecular flexibility index (Phi) is 8.04. The van der Waals surface area contributed by atoms with Crippen molar-refractivity contribution in [3.05, 3.63) is 97.2 Å². The SMILES string of the molecule is COC(=O)c1ccc(C2C(C(=O)c3sc(C)nc3C)=C(O)C(=O)N2c2nnc(SCc3ccc(Cl)cc3)s2)cc1. The molecule has 40 heavy (non-hydrogen) atoms. The summed E-state index contributed by atoms with van der Waals surface area (Å²) in [6.07, 6.45) is 0. The Bertz CT molecular complexity index is 1650. The summed E-state index contributed by atoms with van der Waals surface area (Å²) in [5.74, 6) is -1.85. The lowest BCUT2D eigenvalue weighted by atomic mass is 9.94. The summed E-state index contributed by atoms with van der Waals surface area (Å²) in [5, 5.41) is 21.0. The third kappa shape index (κ3) is 5.39. The van der Waals surface area contributed by atoms with Crippen LogP contribution in [0.25, 0.3) is 0 Å². The Hall–Kier alpha value is -3.58. The molecule has 1 amide bonds. The van der Waals surface area contributed by atoms with Gasteiger partial charge in [0.25, 0.3) is 5.91 Å². The molecule has 1 atom stereocenters. The number of aliphatic hydroxyl groups excluding tert-OH is 1. The largest absolute Gasteiger partial charge is 0.503 e. The summed E-state index contributed by atoms with van der Waals surface area (Å²) in [7, 11) is 1.28. The van der Waals surface area contributed by atoms with Gasteiger partial charge in [-0.05, 0) is 49.2 Å². The van der Waals surface area contributed by atoms with Gasteiger partial charge < -0.3 is 9.84 Å². The van der Waals surface area contributed by atoms with Crippen LogP contribution in [0.1, 0.15) is 47.9 Å². The highest BCUT2D eigenvalue weighted by molar-refractivity contribution is 8.00. The minimum absolute atomic E-state index is 0.0897. The number of benzene rings is 2. The average molecular weight is 613 g/mol. The van der Waals surface area contributed by atoms with Gasteiger partial charge >= 0.3 is 5.97 Å². The molecule has 0 bridgehead atoms. The fraction of sp³-hybridized carbons (Fsp3) is 0.185. The molecular weight excluding hydrogens is 592 g/mol. The molecule has 0 fully saturated rings. The van der Waals surface area contributed by atoms with E-state index in [2.05, 4.69) is 15.2 Å². The van der Waals surface area contributed by atoms with E-state index in [0.29, 0.717) is 41.8 Å². The molecule has 1 aliphatic heterocycles. The molecule has 1 N–H and O–H groups in total. The predicted molar refractivity (Wildman–Crippen MR) is 155 cm³/mol. The number of carbonyl (C=O) groups is 3. The number of thioether (sulfide) groups is 1. The zero-order valence-electron chi connectivity index (χ0n) is 21.4. The Labute approximate surface area is 246 Å². The number of methoxy groups -OCH3 is 1. The highest BCUT2D eigenvalue weighted by Gasteiger charge is 2.46. The molecule has 3 heterocycles. The normalized spacial score (nSPS) is 15.2. The maximum atomic E-state index is 13.8. The van der Waals surface area contributed by atoms with E-state index in [1.807, 2.05) is 12.1 Å². The van der Waals surface area contributed by atoms with E-state index in [9.17, 15) is 19.5 Å². The lowest BCUT2D eigenvalue weighted by Crippen LogP contribution is -2.31. The van der Waals surface area contributed by atoms with Gasteiger partial charge in [0.05, 0.1) is 39.9 Å². The van der Waals surface area contributed by atoms with Crippen LogP contribution in [0.2, 0.25) is 5.02 Å². The quantitative estimate of drug-likeness (QED) is 0.108. The number of amides is 1. The lowest BCUT2D eigenvalue weighted by Gasteiger charge is -2.24. The van der Waals surface area contributed by atoms with Crippen molar-refractivity contribution in [2.45, 2.75) is 30.0 Å². The number of aliphatic hydroxyl groups is 1. The minimum atomic E-state index is -1.00.